The predicted molar refractivity (Wildman–Crippen MR) is 62.2 cm³/mol. The Labute approximate surface area is 114 Å². The zero-order valence-electron chi connectivity index (χ0n) is 11.2. The fourth-order valence-electron chi connectivity index (χ4n) is 1.82. The van der Waals surface area contributed by atoms with Gasteiger partial charge in [0.2, 0.25) is 0 Å². The first-order valence-corrected chi connectivity index (χ1v) is 6.08. The second-order valence-corrected chi connectivity index (χ2v) is 4.76. The molecule has 0 aromatic rings. The summed E-state index contributed by atoms with van der Waals surface area (Å²) < 4.78 is 42.3. The van der Waals surface area contributed by atoms with Crippen molar-refractivity contribution in [2.75, 3.05) is 26.2 Å². The predicted octanol–water partition coefficient (Wildman–Crippen LogP) is 1.16. The van der Waals surface area contributed by atoms with E-state index in [2.05, 4.69) is 0 Å². The fraction of sp³-hybridized carbons (Fsp3) is 0.818. The molecule has 1 atom stereocenters. The van der Waals surface area contributed by atoms with Gasteiger partial charge in [0.05, 0.1) is 13.2 Å². The van der Waals surface area contributed by atoms with Crippen LogP contribution in [0.1, 0.15) is 13.8 Å². The van der Waals surface area contributed by atoms with Crippen LogP contribution in [-0.2, 0) is 9.53 Å². The van der Waals surface area contributed by atoms with Crippen LogP contribution in [0.3, 0.4) is 0 Å². The summed E-state index contributed by atoms with van der Waals surface area (Å²) in [7, 11) is 0. The summed E-state index contributed by atoms with van der Waals surface area (Å²) >= 11 is 0. The molecule has 1 N–H and O–H groups in total. The number of rotatable bonds is 3. The van der Waals surface area contributed by atoms with Crippen LogP contribution in [0.2, 0.25) is 0 Å². The van der Waals surface area contributed by atoms with Gasteiger partial charge in [-0.1, -0.05) is 0 Å². The lowest BCUT2D eigenvalue weighted by atomic mass is 10.2. The van der Waals surface area contributed by atoms with Crippen molar-refractivity contribution in [1.29, 1.82) is 0 Å². The maximum absolute atomic E-state index is 12.5. The van der Waals surface area contributed by atoms with Gasteiger partial charge in [0.1, 0.15) is 6.54 Å². The van der Waals surface area contributed by atoms with Gasteiger partial charge in [-0.25, -0.2) is 9.59 Å². The maximum Gasteiger partial charge on any atom is 0.406 e. The number of halogens is 3. The average Bonchev–Trinajstić information content (AvgIpc) is 2.34. The molecule has 2 amide bonds. The highest BCUT2D eigenvalue weighted by atomic mass is 19.4. The molecule has 0 bridgehead atoms. The highest BCUT2D eigenvalue weighted by Gasteiger charge is 2.38. The molecule has 0 aromatic heterocycles. The summed E-state index contributed by atoms with van der Waals surface area (Å²) in [6.07, 6.45) is -5.70. The number of nitrogens with zero attached hydrogens (tertiary/aromatic N) is 2. The molecule has 0 radical (unpaired) electrons. The van der Waals surface area contributed by atoms with Crippen LogP contribution >= 0.6 is 0 Å². The van der Waals surface area contributed by atoms with E-state index in [4.69, 9.17) is 9.84 Å². The third-order valence-electron chi connectivity index (χ3n) is 2.83. The lowest BCUT2D eigenvalue weighted by Gasteiger charge is -2.37. The van der Waals surface area contributed by atoms with Crippen molar-refractivity contribution in [3.63, 3.8) is 0 Å². The molecule has 1 heterocycles. The first-order chi connectivity index (χ1) is 9.11. The molecule has 1 aliphatic heterocycles. The normalized spacial score (nSPS) is 20.1. The number of alkyl halides is 3. The van der Waals surface area contributed by atoms with E-state index in [9.17, 15) is 22.8 Å². The van der Waals surface area contributed by atoms with Crippen LogP contribution in [0.25, 0.3) is 0 Å². The van der Waals surface area contributed by atoms with Crippen LogP contribution in [0.15, 0.2) is 0 Å². The van der Waals surface area contributed by atoms with E-state index in [0.29, 0.717) is 4.90 Å². The molecule has 0 spiro atoms. The van der Waals surface area contributed by atoms with Gasteiger partial charge < -0.3 is 19.6 Å². The van der Waals surface area contributed by atoms with Crippen molar-refractivity contribution < 1.29 is 32.6 Å². The van der Waals surface area contributed by atoms with Gasteiger partial charge in [-0.15, -0.1) is 0 Å². The quantitative estimate of drug-likeness (QED) is 0.849. The lowest BCUT2D eigenvalue weighted by molar-refractivity contribution is -0.156. The van der Waals surface area contributed by atoms with Gasteiger partial charge in [0.15, 0.2) is 6.10 Å². The number of amides is 2. The Kier molecular flexibility index (Phi) is 5.21. The van der Waals surface area contributed by atoms with Crippen molar-refractivity contribution in [1.82, 2.24) is 9.80 Å². The summed E-state index contributed by atoms with van der Waals surface area (Å²) in [6.45, 7) is 1.38. The van der Waals surface area contributed by atoms with E-state index in [-0.39, 0.29) is 19.7 Å². The Morgan fingerprint density at radius 1 is 1.45 bits per heavy atom. The molecule has 1 fully saturated rings. The SMILES string of the molecule is CC(C)N(CC(F)(F)F)C(=O)N1CCOC(C(=O)O)C1. The molecule has 116 valence electrons. The molecule has 20 heavy (non-hydrogen) atoms. The standard InChI is InChI=1S/C11H17F3N2O4/c1-7(2)16(6-11(12,13)14)10(19)15-3-4-20-8(5-15)9(17)18/h7-8H,3-6H2,1-2H3,(H,17,18). The summed E-state index contributed by atoms with van der Waals surface area (Å²) in [5.41, 5.74) is 0. The van der Waals surface area contributed by atoms with Gasteiger partial charge in [0, 0.05) is 12.6 Å². The fourth-order valence-corrected chi connectivity index (χ4v) is 1.82. The molecule has 1 unspecified atom stereocenters. The van der Waals surface area contributed by atoms with Crippen LogP contribution in [0, 0.1) is 0 Å². The average molecular weight is 298 g/mol. The van der Waals surface area contributed by atoms with E-state index >= 15 is 0 Å². The highest BCUT2D eigenvalue weighted by molar-refractivity contribution is 5.77. The van der Waals surface area contributed by atoms with Crippen LogP contribution in [0.5, 0.6) is 0 Å². The number of morpholine rings is 1. The molecule has 1 rings (SSSR count). The zero-order chi connectivity index (χ0) is 15.5. The molecule has 9 heteroatoms. The van der Waals surface area contributed by atoms with Gasteiger partial charge in [-0.2, -0.15) is 13.2 Å². The number of urea groups is 1. The third kappa shape index (κ3) is 4.55. The van der Waals surface area contributed by atoms with Gasteiger partial charge >= 0.3 is 18.2 Å². The number of carbonyl (C=O) groups excluding carboxylic acids is 1. The van der Waals surface area contributed by atoms with Gasteiger partial charge in [0.25, 0.3) is 0 Å². The molecule has 6 nitrogen and oxygen atoms in total. The van der Waals surface area contributed by atoms with Crippen molar-refractivity contribution in [3.8, 4) is 0 Å². The smallest absolute Gasteiger partial charge is 0.406 e. The first-order valence-electron chi connectivity index (χ1n) is 6.08. The van der Waals surface area contributed by atoms with Crippen molar-refractivity contribution in [3.05, 3.63) is 0 Å². The maximum atomic E-state index is 12.5. The number of carbonyl (C=O) groups is 2. The Bertz CT molecular complexity index is 373. The summed E-state index contributed by atoms with van der Waals surface area (Å²) in [6, 6.07) is -1.47. The van der Waals surface area contributed by atoms with Crippen LogP contribution < -0.4 is 0 Å². The molecule has 1 aliphatic rings. The number of hydrogen-bond donors (Lipinski definition) is 1. The second-order valence-electron chi connectivity index (χ2n) is 4.76. The van der Waals surface area contributed by atoms with E-state index < -0.39 is 36.9 Å². The lowest BCUT2D eigenvalue weighted by Crippen LogP contribution is -2.55. The zero-order valence-corrected chi connectivity index (χ0v) is 11.2. The Morgan fingerprint density at radius 2 is 2.05 bits per heavy atom. The molecule has 0 aromatic carbocycles. The minimum absolute atomic E-state index is 0.0132. The molecule has 0 aliphatic carbocycles. The Hall–Kier alpha value is -1.51. The van der Waals surface area contributed by atoms with Crippen molar-refractivity contribution in [2.24, 2.45) is 0 Å². The monoisotopic (exact) mass is 298 g/mol. The van der Waals surface area contributed by atoms with Gasteiger partial charge in [-0.05, 0) is 13.8 Å². The molecule has 0 saturated carbocycles. The van der Waals surface area contributed by atoms with Crippen LogP contribution in [-0.4, -0.2) is 71.5 Å². The van der Waals surface area contributed by atoms with E-state index in [1.165, 1.54) is 13.8 Å². The first kappa shape index (κ1) is 16.5. The molecule has 1 saturated heterocycles. The number of ether oxygens (including phenoxy) is 1. The Balaban J connectivity index is 2.76. The number of hydrogen-bond acceptors (Lipinski definition) is 3. The molecular weight excluding hydrogens is 281 g/mol. The Morgan fingerprint density at radius 3 is 2.50 bits per heavy atom. The van der Waals surface area contributed by atoms with E-state index in [1.807, 2.05) is 0 Å². The number of carboxylic acid groups (broad SMARTS) is 1. The number of aliphatic carboxylic acids is 1. The van der Waals surface area contributed by atoms with Crippen molar-refractivity contribution in [2.45, 2.75) is 32.2 Å². The summed E-state index contributed by atoms with van der Waals surface area (Å²) in [4.78, 5) is 24.6. The summed E-state index contributed by atoms with van der Waals surface area (Å²) in [5, 5.41) is 8.82. The minimum atomic E-state index is -4.50. The third-order valence-corrected chi connectivity index (χ3v) is 2.83. The second kappa shape index (κ2) is 6.29. The minimum Gasteiger partial charge on any atom is -0.479 e. The molecular formula is C11H17F3N2O4. The van der Waals surface area contributed by atoms with E-state index in [1.54, 1.807) is 0 Å². The van der Waals surface area contributed by atoms with E-state index in [0.717, 1.165) is 4.90 Å². The van der Waals surface area contributed by atoms with Crippen LogP contribution in [0.4, 0.5) is 18.0 Å². The largest absolute Gasteiger partial charge is 0.479 e. The highest BCUT2D eigenvalue weighted by Crippen LogP contribution is 2.20. The van der Waals surface area contributed by atoms with Gasteiger partial charge in [-0.3, -0.25) is 0 Å². The number of carboxylic acids is 1. The van der Waals surface area contributed by atoms with Crippen molar-refractivity contribution >= 4 is 12.0 Å². The topological polar surface area (TPSA) is 70.1 Å². The summed E-state index contributed by atoms with van der Waals surface area (Å²) in [5.74, 6) is -1.24.